The van der Waals surface area contributed by atoms with E-state index in [-0.39, 0.29) is 18.1 Å². The van der Waals surface area contributed by atoms with Crippen molar-refractivity contribution in [1.29, 1.82) is 0 Å². The fourth-order valence-electron chi connectivity index (χ4n) is 3.19. The number of aromatic nitrogens is 3. The Morgan fingerprint density at radius 3 is 2.69 bits per heavy atom. The minimum absolute atomic E-state index is 0.103. The number of benzene rings is 2. The molecule has 0 spiro atoms. The zero-order valence-electron chi connectivity index (χ0n) is 18.1. The summed E-state index contributed by atoms with van der Waals surface area (Å²) < 4.78 is 13.1. The molecule has 32 heavy (non-hydrogen) atoms. The lowest BCUT2D eigenvalue weighted by Gasteiger charge is -2.17. The van der Waals surface area contributed by atoms with Crippen LogP contribution in [0.1, 0.15) is 29.1 Å². The third kappa shape index (κ3) is 5.59. The smallest absolute Gasteiger partial charge is 0.220 e. The highest BCUT2D eigenvalue weighted by Crippen LogP contribution is 2.39. The Balaban J connectivity index is 1.98. The van der Waals surface area contributed by atoms with E-state index in [1.807, 2.05) is 49.6 Å². The zero-order valence-corrected chi connectivity index (χ0v) is 19.0. The summed E-state index contributed by atoms with van der Waals surface area (Å²) in [7, 11) is 0. The highest BCUT2D eigenvalue weighted by Gasteiger charge is 2.25. The summed E-state index contributed by atoms with van der Waals surface area (Å²) in [6, 6.07) is 13.2. The van der Waals surface area contributed by atoms with Gasteiger partial charge in [0.05, 0.1) is 6.61 Å². The summed E-state index contributed by atoms with van der Waals surface area (Å²) in [5, 5.41) is 20.0. The van der Waals surface area contributed by atoms with Crippen molar-refractivity contribution >= 4 is 11.8 Å². The monoisotopic (exact) mass is 452 g/mol. The van der Waals surface area contributed by atoms with Gasteiger partial charge >= 0.3 is 0 Å². The lowest BCUT2D eigenvalue weighted by atomic mass is 10.1. The topological polar surface area (TPSA) is 92.3 Å². The summed E-state index contributed by atoms with van der Waals surface area (Å²) in [6.07, 6.45) is 5.28. The first-order valence-corrected chi connectivity index (χ1v) is 10.9. The molecule has 1 aromatic heterocycles. The van der Waals surface area contributed by atoms with Gasteiger partial charge in [0.2, 0.25) is 6.54 Å². The number of nitrogens with zero attached hydrogens (tertiary/aromatic N) is 4. The molecule has 9 heteroatoms. The normalized spacial score (nSPS) is 11.6. The van der Waals surface area contributed by atoms with Crippen LogP contribution in [0.3, 0.4) is 0 Å². The number of rotatable bonds is 10. The van der Waals surface area contributed by atoms with E-state index in [9.17, 15) is 10.1 Å². The molecule has 0 unspecified atom stereocenters. The Bertz CT molecular complexity index is 1140. The Morgan fingerprint density at radius 1 is 1.19 bits per heavy atom. The molecule has 0 amide bonds. The van der Waals surface area contributed by atoms with Crippen LogP contribution in [-0.2, 0) is 0 Å². The molecule has 0 radical (unpaired) electrons. The maximum atomic E-state index is 11.5. The molecule has 0 fully saturated rings. The fraction of sp³-hybridized carbons (Fsp3) is 0.304. The molecule has 3 aromatic rings. The molecular weight excluding hydrogens is 428 g/mol. The molecular formula is C23H24N4O4S. The van der Waals surface area contributed by atoms with Gasteiger partial charge in [0.15, 0.2) is 16.7 Å². The van der Waals surface area contributed by atoms with Crippen molar-refractivity contribution in [3.8, 4) is 29.5 Å². The number of hydrogen-bond donors (Lipinski definition) is 0. The van der Waals surface area contributed by atoms with Crippen LogP contribution in [-0.4, -0.2) is 39.4 Å². The number of ether oxygens (including phenoxy) is 2. The van der Waals surface area contributed by atoms with Gasteiger partial charge in [-0.15, -0.1) is 16.6 Å². The molecule has 0 saturated carbocycles. The van der Waals surface area contributed by atoms with Crippen molar-refractivity contribution in [3.05, 3.63) is 69.5 Å². The molecule has 2 aromatic carbocycles. The van der Waals surface area contributed by atoms with Crippen molar-refractivity contribution in [2.24, 2.45) is 0 Å². The van der Waals surface area contributed by atoms with Gasteiger partial charge in [-0.3, -0.25) is 14.7 Å². The predicted octanol–water partition coefficient (Wildman–Crippen LogP) is 4.40. The molecule has 1 heterocycles. The van der Waals surface area contributed by atoms with E-state index < -0.39 is 5.25 Å². The summed E-state index contributed by atoms with van der Waals surface area (Å²) in [4.78, 5) is 11.1. The molecule has 0 aliphatic heterocycles. The highest BCUT2D eigenvalue weighted by molar-refractivity contribution is 7.99. The summed E-state index contributed by atoms with van der Waals surface area (Å²) in [6.45, 7) is 5.95. The molecule has 1 atom stereocenters. The maximum Gasteiger partial charge on any atom is 0.220 e. The van der Waals surface area contributed by atoms with Crippen LogP contribution in [0.5, 0.6) is 11.5 Å². The second-order valence-corrected chi connectivity index (χ2v) is 8.13. The largest absolute Gasteiger partial charge is 0.490 e. The van der Waals surface area contributed by atoms with E-state index in [4.69, 9.17) is 15.9 Å². The van der Waals surface area contributed by atoms with Gasteiger partial charge in [0.1, 0.15) is 17.7 Å². The third-order valence-corrected chi connectivity index (χ3v) is 5.75. The Hall–Kier alpha value is -3.51. The molecule has 8 nitrogen and oxygen atoms in total. The van der Waals surface area contributed by atoms with Crippen LogP contribution >= 0.6 is 11.8 Å². The molecule has 0 saturated heterocycles. The SMILES string of the molecule is C#CCOc1ccc([C@@H](C[N+](=O)[O-])Sc2nnc(C)n2-c2cccc(C)c2)cc1OCC. The molecule has 0 N–H and O–H groups in total. The lowest BCUT2D eigenvalue weighted by molar-refractivity contribution is -0.479. The van der Waals surface area contributed by atoms with E-state index in [1.165, 1.54) is 11.8 Å². The van der Waals surface area contributed by atoms with E-state index in [1.54, 1.807) is 18.2 Å². The van der Waals surface area contributed by atoms with Crippen LogP contribution in [0.4, 0.5) is 0 Å². The first-order valence-electron chi connectivity index (χ1n) is 10.0. The number of thioether (sulfide) groups is 1. The minimum Gasteiger partial charge on any atom is -0.490 e. The Morgan fingerprint density at radius 2 is 2.00 bits per heavy atom. The second-order valence-electron chi connectivity index (χ2n) is 6.96. The Labute approximate surface area is 191 Å². The lowest BCUT2D eigenvalue weighted by Crippen LogP contribution is -2.12. The van der Waals surface area contributed by atoms with E-state index in [0.717, 1.165) is 16.8 Å². The molecule has 0 bridgehead atoms. The first kappa shape index (κ1) is 23.2. The summed E-state index contributed by atoms with van der Waals surface area (Å²) in [5.41, 5.74) is 2.72. The van der Waals surface area contributed by atoms with Crippen molar-refractivity contribution < 1.29 is 14.4 Å². The molecule has 3 rings (SSSR count). The van der Waals surface area contributed by atoms with Crippen LogP contribution in [0.25, 0.3) is 5.69 Å². The minimum atomic E-state index is -0.516. The van der Waals surface area contributed by atoms with E-state index in [2.05, 4.69) is 16.1 Å². The van der Waals surface area contributed by atoms with Crippen LogP contribution in [0.15, 0.2) is 47.6 Å². The number of nitro groups is 1. The van der Waals surface area contributed by atoms with Crippen molar-refractivity contribution in [1.82, 2.24) is 14.8 Å². The van der Waals surface area contributed by atoms with Gasteiger partial charge in [-0.1, -0.05) is 35.9 Å². The molecule has 166 valence electrons. The van der Waals surface area contributed by atoms with Crippen molar-refractivity contribution in [2.45, 2.75) is 31.2 Å². The molecule has 0 aliphatic rings. The first-order chi connectivity index (χ1) is 15.4. The quantitative estimate of drug-likeness (QED) is 0.195. The maximum absolute atomic E-state index is 11.5. The van der Waals surface area contributed by atoms with E-state index >= 15 is 0 Å². The Kier molecular flexibility index (Phi) is 7.73. The van der Waals surface area contributed by atoms with E-state index in [0.29, 0.717) is 29.1 Å². The summed E-state index contributed by atoms with van der Waals surface area (Å²) >= 11 is 1.29. The van der Waals surface area contributed by atoms with Crippen molar-refractivity contribution in [3.63, 3.8) is 0 Å². The van der Waals surface area contributed by atoms with Crippen LogP contribution < -0.4 is 9.47 Å². The van der Waals surface area contributed by atoms with Gasteiger partial charge in [-0.05, 0) is 56.2 Å². The van der Waals surface area contributed by atoms with Gasteiger partial charge < -0.3 is 9.47 Å². The fourth-order valence-corrected chi connectivity index (χ4v) is 4.35. The number of terminal acetylenes is 1. The highest BCUT2D eigenvalue weighted by atomic mass is 32.2. The van der Waals surface area contributed by atoms with Gasteiger partial charge in [0.25, 0.3) is 0 Å². The standard InChI is InChI=1S/C23H24N4O4S/c1-5-12-31-20-11-10-18(14-21(20)30-6-2)22(15-26(28)29)32-23-25-24-17(4)27(23)19-9-7-8-16(3)13-19/h1,7-11,13-14,22H,6,12,15H2,2-4H3/t22-/m1/s1. The van der Waals surface area contributed by atoms with Crippen molar-refractivity contribution in [2.75, 3.05) is 19.8 Å². The van der Waals surface area contributed by atoms with Gasteiger partial charge in [-0.2, -0.15) is 0 Å². The molecule has 0 aliphatic carbocycles. The number of aryl methyl sites for hydroxylation is 2. The predicted molar refractivity (Wildman–Crippen MR) is 123 cm³/mol. The summed E-state index contributed by atoms with van der Waals surface area (Å²) in [5.74, 6) is 4.11. The third-order valence-electron chi connectivity index (χ3n) is 4.57. The average Bonchev–Trinajstić information content (AvgIpc) is 3.12. The zero-order chi connectivity index (χ0) is 23.1. The van der Waals surface area contributed by atoms with Crippen LogP contribution in [0.2, 0.25) is 0 Å². The second kappa shape index (κ2) is 10.7. The van der Waals surface area contributed by atoms with Gasteiger partial charge in [0, 0.05) is 10.6 Å². The average molecular weight is 453 g/mol. The van der Waals surface area contributed by atoms with Gasteiger partial charge in [-0.25, -0.2) is 0 Å². The van der Waals surface area contributed by atoms with Crippen LogP contribution in [0, 0.1) is 36.3 Å². The number of hydrogen-bond acceptors (Lipinski definition) is 7.